The van der Waals surface area contributed by atoms with E-state index < -0.39 is 0 Å². The first kappa shape index (κ1) is 14.1. The zero-order chi connectivity index (χ0) is 15.4. The summed E-state index contributed by atoms with van der Waals surface area (Å²) >= 11 is 0. The predicted molar refractivity (Wildman–Crippen MR) is 87.8 cm³/mol. The SMILES string of the molecule is CCN(C(=O)c1ccc(-c2ncc[nH]2)cc1)c1ccccc1. The van der Waals surface area contributed by atoms with E-state index >= 15 is 0 Å². The first-order valence-corrected chi connectivity index (χ1v) is 7.26. The van der Waals surface area contributed by atoms with Gasteiger partial charge < -0.3 is 9.88 Å². The molecule has 110 valence electrons. The highest BCUT2D eigenvalue weighted by Gasteiger charge is 2.15. The van der Waals surface area contributed by atoms with E-state index in [2.05, 4.69) is 9.97 Å². The van der Waals surface area contributed by atoms with Gasteiger partial charge in [-0.1, -0.05) is 30.3 Å². The van der Waals surface area contributed by atoms with E-state index in [1.54, 1.807) is 17.3 Å². The van der Waals surface area contributed by atoms with Gasteiger partial charge in [-0.15, -0.1) is 0 Å². The van der Waals surface area contributed by atoms with E-state index in [1.807, 2.05) is 61.5 Å². The number of aromatic amines is 1. The Hall–Kier alpha value is -2.88. The van der Waals surface area contributed by atoms with E-state index in [1.165, 1.54) is 0 Å². The predicted octanol–water partition coefficient (Wildman–Crippen LogP) is 3.74. The van der Waals surface area contributed by atoms with Crippen molar-refractivity contribution < 1.29 is 4.79 Å². The van der Waals surface area contributed by atoms with Crippen molar-refractivity contribution in [1.82, 2.24) is 9.97 Å². The van der Waals surface area contributed by atoms with Gasteiger partial charge in [0.15, 0.2) is 0 Å². The Kier molecular flexibility index (Phi) is 4.01. The van der Waals surface area contributed by atoms with E-state index in [0.717, 1.165) is 17.1 Å². The maximum absolute atomic E-state index is 12.7. The van der Waals surface area contributed by atoms with Gasteiger partial charge >= 0.3 is 0 Å². The number of hydrogen-bond donors (Lipinski definition) is 1. The quantitative estimate of drug-likeness (QED) is 0.796. The van der Waals surface area contributed by atoms with Gasteiger partial charge in [0, 0.05) is 35.8 Å². The molecule has 0 bridgehead atoms. The molecule has 1 amide bonds. The van der Waals surface area contributed by atoms with Crippen LogP contribution in [0.5, 0.6) is 0 Å². The molecule has 1 heterocycles. The highest BCUT2D eigenvalue weighted by Crippen LogP contribution is 2.19. The molecule has 4 heteroatoms. The van der Waals surface area contributed by atoms with Crippen LogP contribution in [-0.4, -0.2) is 22.4 Å². The summed E-state index contributed by atoms with van der Waals surface area (Å²) in [7, 11) is 0. The number of carbonyl (C=O) groups excluding carboxylic acids is 1. The van der Waals surface area contributed by atoms with Gasteiger partial charge in [0.1, 0.15) is 5.82 Å². The number of carbonyl (C=O) groups is 1. The number of H-pyrrole nitrogens is 1. The minimum Gasteiger partial charge on any atom is -0.345 e. The van der Waals surface area contributed by atoms with Crippen molar-refractivity contribution in [3.05, 3.63) is 72.6 Å². The lowest BCUT2D eigenvalue weighted by Gasteiger charge is -2.21. The number of nitrogens with zero attached hydrogens (tertiary/aromatic N) is 2. The normalized spacial score (nSPS) is 10.4. The Morgan fingerprint density at radius 1 is 1.09 bits per heavy atom. The fourth-order valence-corrected chi connectivity index (χ4v) is 2.40. The molecule has 0 radical (unpaired) electrons. The van der Waals surface area contributed by atoms with Gasteiger partial charge in [-0.3, -0.25) is 4.79 Å². The lowest BCUT2D eigenvalue weighted by Crippen LogP contribution is -2.30. The molecular formula is C18H17N3O. The number of amides is 1. The molecule has 0 aliphatic rings. The minimum absolute atomic E-state index is 0.000283. The number of imidazole rings is 1. The van der Waals surface area contributed by atoms with Crippen LogP contribution in [-0.2, 0) is 0 Å². The third kappa shape index (κ3) is 2.76. The summed E-state index contributed by atoms with van der Waals surface area (Å²) < 4.78 is 0. The van der Waals surface area contributed by atoms with Crippen molar-refractivity contribution in [2.45, 2.75) is 6.92 Å². The Bertz CT molecular complexity index is 734. The van der Waals surface area contributed by atoms with Crippen LogP contribution in [0.3, 0.4) is 0 Å². The van der Waals surface area contributed by atoms with Gasteiger partial charge in [0.2, 0.25) is 0 Å². The van der Waals surface area contributed by atoms with Crippen LogP contribution in [0, 0.1) is 0 Å². The van der Waals surface area contributed by atoms with Gasteiger partial charge in [0.25, 0.3) is 5.91 Å². The average molecular weight is 291 g/mol. The Labute approximate surface area is 129 Å². The summed E-state index contributed by atoms with van der Waals surface area (Å²) in [5.74, 6) is 0.800. The van der Waals surface area contributed by atoms with Crippen LogP contribution in [0.15, 0.2) is 67.0 Å². The monoisotopic (exact) mass is 291 g/mol. The number of nitrogens with one attached hydrogen (secondary N) is 1. The molecule has 0 fully saturated rings. The van der Waals surface area contributed by atoms with Crippen molar-refractivity contribution in [3.63, 3.8) is 0 Å². The van der Waals surface area contributed by atoms with Crippen molar-refractivity contribution in [1.29, 1.82) is 0 Å². The Morgan fingerprint density at radius 2 is 1.82 bits per heavy atom. The van der Waals surface area contributed by atoms with Crippen LogP contribution in [0.4, 0.5) is 5.69 Å². The molecule has 2 aromatic carbocycles. The molecule has 0 atom stereocenters. The minimum atomic E-state index is -0.000283. The molecular weight excluding hydrogens is 274 g/mol. The summed E-state index contributed by atoms with van der Waals surface area (Å²) in [4.78, 5) is 21.7. The fraction of sp³-hybridized carbons (Fsp3) is 0.111. The number of para-hydroxylation sites is 1. The second-order valence-electron chi connectivity index (χ2n) is 4.90. The first-order chi connectivity index (χ1) is 10.8. The molecule has 0 unspecified atom stereocenters. The van der Waals surface area contributed by atoms with Crippen LogP contribution in [0.1, 0.15) is 17.3 Å². The fourth-order valence-electron chi connectivity index (χ4n) is 2.40. The van der Waals surface area contributed by atoms with Crippen LogP contribution in [0.2, 0.25) is 0 Å². The number of aromatic nitrogens is 2. The van der Waals surface area contributed by atoms with E-state index in [0.29, 0.717) is 12.1 Å². The molecule has 0 spiro atoms. The summed E-state index contributed by atoms with van der Waals surface area (Å²) in [5.41, 5.74) is 2.54. The second kappa shape index (κ2) is 6.26. The van der Waals surface area contributed by atoms with Crippen molar-refractivity contribution in [3.8, 4) is 11.4 Å². The third-order valence-corrected chi connectivity index (χ3v) is 3.53. The molecule has 3 rings (SSSR count). The zero-order valence-electron chi connectivity index (χ0n) is 12.4. The lowest BCUT2D eigenvalue weighted by atomic mass is 10.1. The standard InChI is InChI=1S/C18H17N3O/c1-2-21(16-6-4-3-5-7-16)18(22)15-10-8-14(9-11-15)17-19-12-13-20-17/h3-13H,2H2,1H3,(H,19,20). The van der Waals surface area contributed by atoms with Crippen LogP contribution < -0.4 is 4.90 Å². The molecule has 3 aromatic rings. The molecule has 22 heavy (non-hydrogen) atoms. The highest BCUT2D eigenvalue weighted by atomic mass is 16.2. The molecule has 0 aliphatic heterocycles. The van der Waals surface area contributed by atoms with Crippen molar-refractivity contribution in [2.75, 3.05) is 11.4 Å². The van der Waals surface area contributed by atoms with Crippen LogP contribution >= 0.6 is 0 Å². The van der Waals surface area contributed by atoms with Gasteiger partial charge in [-0.2, -0.15) is 0 Å². The summed E-state index contributed by atoms with van der Waals surface area (Å²) in [5, 5.41) is 0. The third-order valence-electron chi connectivity index (χ3n) is 3.53. The molecule has 1 N–H and O–H groups in total. The second-order valence-corrected chi connectivity index (χ2v) is 4.90. The van der Waals surface area contributed by atoms with Gasteiger partial charge in [-0.05, 0) is 31.2 Å². The average Bonchev–Trinajstić information content (AvgIpc) is 3.11. The van der Waals surface area contributed by atoms with E-state index in [9.17, 15) is 4.79 Å². The maximum Gasteiger partial charge on any atom is 0.258 e. The number of hydrogen-bond acceptors (Lipinski definition) is 2. The van der Waals surface area contributed by atoms with Crippen molar-refractivity contribution >= 4 is 11.6 Å². The smallest absolute Gasteiger partial charge is 0.258 e. The topological polar surface area (TPSA) is 49.0 Å². The summed E-state index contributed by atoms with van der Waals surface area (Å²) in [6, 6.07) is 17.2. The summed E-state index contributed by atoms with van der Waals surface area (Å²) in [6.07, 6.45) is 3.49. The number of benzene rings is 2. The van der Waals surface area contributed by atoms with Crippen LogP contribution in [0.25, 0.3) is 11.4 Å². The summed E-state index contributed by atoms with van der Waals surface area (Å²) in [6.45, 7) is 2.60. The van der Waals surface area contributed by atoms with E-state index in [4.69, 9.17) is 0 Å². The van der Waals surface area contributed by atoms with Gasteiger partial charge in [0.05, 0.1) is 0 Å². The zero-order valence-corrected chi connectivity index (χ0v) is 12.4. The number of anilines is 1. The first-order valence-electron chi connectivity index (χ1n) is 7.26. The van der Waals surface area contributed by atoms with E-state index in [-0.39, 0.29) is 5.91 Å². The lowest BCUT2D eigenvalue weighted by molar-refractivity contribution is 0.0988. The largest absolute Gasteiger partial charge is 0.345 e. The molecule has 4 nitrogen and oxygen atoms in total. The molecule has 0 saturated heterocycles. The van der Waals surface area contributed by atoms with Crippen molar-refractivity contribution in [2.24, 2.45) is 0 Å². The molecule has 0 saturated carbocycles. The maximum atomic E-state index is 12.7. The molecule has 1 aromatic heterocycles. The Balaban J connectivity index is 1.85. The van der Waals surface area contributed by atoms with Gasteiger partial charge in [-0.25, -0.2) is 4.98 Å². The number of rotatable bonds is 4. The highest BCUT2D eigenvalue weighted by molar-refractivity contribution is 6.06. The Morgan fingerprint density at radius 3 is 2.41 bits per heavy atom. The molecule has 0 aliphatic carbocycles.